The maximum Gasteiger partial charge on any atom is 0.266 e. The van der Waals surface area contributed by atoms with Crippen molar-refractivity contribution < 1.29 is 30.3 Å². The lowest BCUT2D eigenvalue weighted by Crippen LogP contribution is -2.35. The molecule has 0 aromatic carbocycles. The minimum absolute atomic E-state index is 0.0562. The summed E-state index contributed by atoms with van der Waals surface area (Å²) in [4.78, 5) is 0. The number of hydrogen-bond donors (Lipinski definition) is 5. The van der Waals surface area contributed by atoms with Crippen LogP contribution in [0.25, 0.3) is 0 Å². The van der Waals surface area contributed by atoms with E-state index in [1.165, 1.54) is 0 Å². The molecule has 6 nitrogen and oxygen atoms in total. The SMILES string of the molecule is OCC(CO)(CO)CCOC(O)O. The monoisotopic (exact) mass is 196 g/mol. The van der Waals surface area contributed by atoms with Gasteiger partial charge in [0.15, 0.2) is 0 Å². The number of aliphatic hydroxyl groups excluding tert-OH is 4. The van der Waals surface area contributed by atoms with Crippen LogP contribution in [0.2, 0.25) is 0 Å². The van der Waals surface area contributed by atoms with Gasteiger partial charge in [-0.25, -0.2) is 0 Å². The van der Waals surface area contributed by atoms with Crippen LogP contribution < -0.4 is 0 Å². The van der Waals surface area contributed by atoms with Gasteiger partial charge >= 0.3 is 0 Å². The van der Waals surface area contributed by atoms with Crippen molar-refractivity contribution in [3.8, 4) is 0 Å². The molecule has 0 amide bonds. The van der Waals surface area contributed by atoms with E-state index in [1.54, 1.807) is 0 Å². The summed E-state index contributed by atoms with van der Waals surface area (Å²) in [5.41, 5.74) is -1.02. The first-order chi connectivity index (χ1) is 6.10. The predicted octanol–water partition coefficient (Wildman–Crippen LogP) is -2.38. The molecule has 80 valence electrons. The molecular formula is C7H16O6. The molecule has 5 N–H and O–H groups in total. The largest absolute Gasteiger partial charge is 0.396 e. The molecule has 0 aliphatic carbocycles. The van der Waals surface area contributed by atoms with Gasteiger partial charge in [0.2, 0.25) is 0 Å². The molecule has 0 saturated heterocycles. The second-order valence-electron chi connectivity index (χ2n) is 2.92. The molecule has 0 atom stereocenters. The summed E-state index contributed by atoms with van der Waals surface area (Å²) in [5, 5.41) is 43.1. The van der Waals surface area contributed by atoms with Gasteiger partial charge in [-0.1, -0.05) is 0 Å². The molecule has 0 heterocycles. The summed E-state index contributed by atoms with van der Waals surface area (Å²) in [7, 11) is 0. The fourth-order valence-corrected chi connectivity index (χ4v) is 0.768. The van der Waals surface area contributed by atoms with E-state index >= 15 is 0 Å². The van der Waals surface area contributed by atoms with Crippen molar-refractivity contribution in [3.63, 3.8) is 0 Å². The summed E-state index contributed by atoms with van der Waals surface area (Å²) in [6.07, 6.45) is 0.147. The Kier molecular flexibility index (Phi) is 6.13. The number of aliphatic hydroxyl groups is 5. The lowest BCUT2D eigenvalue weighted by molar-refractivity contribution is -0.238. The minimum Gasteiger partial charge on any atom is -0.396 e. The molecule has 0 spiro atoms. The van der Waals surface area contributed by atoms with Crippen LogP contribution in [0.4, 0.5) is 0 Å². The van der Waals surface area contributed by atoms with Gasteiger partial charge in [0.1, 0.15) is 0 Å². The van der Waals surface area contributed by atoms with Gasteiger partial charge in [0.25, 0.3) is 6.48 Å². The summed E-state index contributed by atoms with van der Waals surface area (Å²) in [5.74, 6) is 0. The third kappa shape index (κ3) is 4.51. The van der Waals surface area contributed by atoms with Crippen LogP contribution >= 0.6 is 0 Å². The molecule has 13 heavy (non-hydrogen) atoms. The van der Waals surface area contributed by atoms with Gasteiger partial charge in [-0.05, 0) is 6.42 Å². The lowest BCUT2D eigenvalue weighted by atomic mass is 9.88. The van der Waals surface area contributed by atoms with Crippen molar-refractivity contribution in [1.29, 1.82) is 0 Å². The Hall–Kier alpha value is -0.240. The molecule has 0 radical (unpaired) electrons. The zero-order valence-electron chi connectivity index (χ0n) is 7.26. The molecule has 0 unspecified atom stereocenters. The molecule has 0 rings (SSSR count). The van der Waals surface area contributed by atoms with Crippen molar-refractivity contribution in [2.45, 2.75) is 12.9 Å². The third-order valence-corrected chi connectivity index (χ3v) is 1.91. The topological polar surface area (TPSA) is 110 Å². The molecule has 0 aliphatic rings. The highest BCUT2D eigenvalue weighted by molar-refractivity contribution is 4.76. The molecule has 0 aromatic rings. The van der Waals surface area contributed by atoms with Crippen molar-refractivity contribution in [2.75, 3.05) is 26.4 Å². The quantitative estimate of drug-likeness (QED) is 0.291. The smallest absolute Gasteiger partial charge is 0.266 e. The average molecular weight is 196 g/mol. The van der Waals surface area contributed by atoms with E-state index < -0.39 is 11.9 Å². The zero-order chi connectivity index (χ0) is 10.3. The molecule has 0 aromatic heterocycles. The van der Waals surface area contributed by atoms with Crippen LogP contribution in [0.1, 0.15) is 6.42 Å². The fourth-order valence-electron chi connectivity index (χ4n) is 0.768. The zero-order valence-corrected chi connectivity index (χ0v) is 7.26. The summed E-state index contributed by atoms with van der Waals surface area (Å²) >= 11 is 0. The van der Waals surface area contributed by atoms with E-state index in [1.807, 2.05) is 0 Å². The van der Waals surface area contributed by atoms with Gasteiger partial charge in [-0.2, -0.15) is 0 Å². The van der Waals surface area contributed by atoms with Crippen LogP contribution in [0.5, 0.6) is 0 Å². The Labute approximate surface area is 76.0 Å². The first kappa shape index (κ1) is 12.8. The Morgan fingerprint density at radius 1 is 1.00 bits per heavy atom. The molecule has 6 heteroatoms. The highest BCUT2D eigenvalue weighted by atomic mass is 16.7. The summed E-state index contributed by atoms with van der Waals surface area (Å²) in [6.45, 7) is -3.08. The van der Waals surface area contributed by atoms with Gasteiger partial charge in [0, 0.05) is 5.41 Å². The molecule has 0 fully saturated rings. The standard InChI is InChI=1S/C7H16O6/c8-3-7(4-9,5-10)1-2-13-6(11)12/h6,8-12H,1-5H2. The van der Waals surface area contributed by atoms with Crippen molar-refractivity contribution in [2.24, 2.45) is 5.41 Å². The van der Waals surface area contributed by atoms with Gasteiger partial charge in [-0.3, -0.25) is 0 Å². The predicted molar refractivity (Wildman–Crippen MR) is 42.5 cm³/mol. The van der Waals surface area contributed by atoms with E-state index in [9.17, 15) is 0 Å². The highest BCUT2D eigenvalue weighted by Crippen LogP contribution is 2.19. The Morgan fingerprint density at radius 2 is 1.46 bits per heavy atom. The number of ether oxygens (including phenoxy) is 1. The van der Waals surface area contributed by atoms with Crippen LogP contribution in [0.15, 0.2) is 0 Å². The molecule has 0 saturated carbocycles. The van der Waals surface area contributed by atoms with Crippen molar-refractivity contribution in [1.82, 2.24) is 0 Å². The minimum atomic E-state index is -1.87. The second kappa shape index (κ2) is 6.25. The Morgan fingerprint density at radius 3 is 1.77 bits per heavy atom. The number of rotatable bonds is 7. The van der Waals surface area contributed by atoms with Crippen LogP contribution in [0, 0.1) is 5.41 Å². The second-order valence-corrected chi connectivity index (χ2v) is 2.92. The van der Waals surface area contributed by atoms with Gasteiger partial charge in [-0.15, -0.1) is 0 Å². The van der Waals surface area contributed by atoms with E-state index in [-0.39, 0.29) is 32.8 Å². The van der Waals surface area contributed by atoms with Gasteiger partial charge < -0.3 is 30.3 Å². The van der Waals surface area contributed by atoms with Crippen LogP contribution in [-0.4, -0.2) is 58.4 Å². The summed E-state index contributed by atoms with van der Waals surface area (Å²) in [6, 6.07) is 0. The van der Waals surface area contributed by atoms with Crippen molar-refractivity contribution in [3.05, 3.63) is 0 Å². The third-order valence-electron chi connectivity index (χ3n) is 1.91. The average Bonchev–Trinajstić information content (AvgIpc) is 2.13. The number of hydrogen-bond acceptors (Lipinski definition) is 6. The summed E-state index contributed by atoms with van der Waals surface area (Å²) < 4.78 is 4.38. The maximum absolute atomic E-state index is 8.84. The highest BCUT2D eigenvalue weighted by Gasteiger charge is 2.27. The lowest BCUT2D eigenvalue weighted by Gasteiger charge is -2.26. The first-order valence-corrected chi connectivity index (χ1v) is 3.90. The van der Waals surface area contributed by atoms with E-state index in [0.29, 0.717) is 0 Å². The Balaban J connectivity index is 3.81. The fraction of sp³-hybridized carbons (Fsp3) is 1.00. The van der Waals surface area contributed by atoms with Gasteiger partial charge in [0.05, 0.1) is 26.4 Å². The van der Waals surface area contributed by atoms with Crippen molar-refractivity contribution >= 4 is 0 Å². The normalized spacial score (nSPS) is 12.5. The Bertz CT molecular complexity index is 114. The molecular weight excluding hydrogens is 180 g/mol. The van der Waals surface area contributed by atoms with E-state index in [4.69, 9.17) is 25.5 Å². The van der Waals surface area contributed by atoms with Crippen LogP contribution in [-0.2, 0) is 4.74 Å². The molecule has 0 aliphatic heterocycles. The van der Waals surface area contributed by atoms with E-state index in [2.05, 4.69) is 4.74 Å². The maximum atomic E-state index is 8.84. The first-order valence-electron chi connectivity index (χ1n) is 3.90. The van der Waals surface area contributed by atoms with E-state index in [0.717, 1.165) is 0 Å². The molecule has 0 bridgehead atoms. The van der Waals surface area contributed by atoms with Crippen LogP contribution in [0.3, 0.4) is 0 Å².